The molecule has 6 heteroatoms. The van der Waals surface area contributed by atoms with Crippen LogP contribution in [0.3, 0.4) is 0 Å². The molecule has 2 aromatic rings. The summed E-state index contributed by atoms with van der Waals surface area (Å²) >= 11 is 7.55. The van der Waals surface area contributed by atoms with Crippen molar-refractivity contribution in [3.8, 4) is 11.4 Å². The number of hydrogen-bond donors (Lipinski definition) is 1. The van der Waals surface area contributed by atoms with Gasteiger partial charge in [-0.1, -0.05) is 36.2 Å². The Morgan fingerprint density at radius 1 is 1.19 bits per heavy atom. The summed E-state index contributed by atoms with van der Waals surface area (Å²) in [5, 5.41) is 20.4. The van der Waals surface area contributed by atoms with Crippen LogP contribution in [0.25, 0.3) is 11.4 Å². The second-order valence-electron chi connectivity index (χ2n) is 5.38. The van der Waals surface area contributed by atoms with Gasteiger partial charge in [0.1, 0.15) is 0 Å². The largest absolute Gasteiger partial charge is 0.392 e. The Kier molecular flexibility index (Phi) is 4.52. The number of benzene rings is 1. The summed E-state index contributed by atoms with van der Waals surface area (Å²) in [6, 6.07) is 7.58. The van der Waals surface area contributed by atoms with E-state index in [4.69, 9.17) is 11.6 Å². The van der Waals surface area contributed by atoms with E-state index in [0.29, 0.717) is 5.02 Å². The summed E-state index contributed by atoms with van der Waals surface area (Å²) in [6.45, 7) is 0. The summed E-state index contributed by atoms with van der Waals surface area (Å²) in [6.07, 6.45) is 3.98. The van der Waals surface area contributed by atoms with E-state index in [0.717, 1.165) is 35.8 Å². The number of rotatable bonds is 3. The Morgan fingerprint density at radius 2 is 1.90 bits per heavy atom. The first kappa shape index (κ1) is 14.9. The minimum Gasteiger partial charge on any atom is -0.392 e. The fourth-order valence-electron chi connectivity index (χ4n) is 2.62. The predicted molar refractivity (Wildman–Crippen MR) is 85.6 cm³/mol. The molecule has 1 heterocycles. The molecule has 112 valence electrons. The zero-order valence-corrected chi connectivity index (χ0v) is 13.4. The summed E-state index contributed by atoms with van der Waals surface area (Å²) in [5.74, 6) is 0.819. The van der Waals surface area contributed by atoms with Crippen LogP contribution in [0.2, 0.25) is 5.02 Å². The number of halogens is 1. The molecule has 2 unspecified atom stereocenters. The van der Waals surface area contributed by atoms with Crippen LogP contribution in [0.5, 0.6) is 0 Å². The van der Waals surface area contributed by atoms with Crippen molar-refractivity contribution in [2.75, 3.05) is 0 Å². The average molecular weight is 324 g/mol. The predicted octanol–water partition coefficient (Wildman–Crippen LogP) is 3.53. The molecule has 1 aliphatic carbocycles. The number of aliphatic hydroxyl groups excluding tert-OH is 1. The van der Waals surface area contributed by atoms with Gasteiger partial charge in [0.2, 0.25) is 0 Å². The molecule has 0 bridgehead atoms. The Labute approximate surface area is 133 Å². The molecule has 1 aliphatic rings. The molecule has 0 aliphatic heterocycles. The highest BCUT2D eigenvalue weighted by Gasteiger charge is 2.26. The molecule has 1 N–H and O–H groups in total. The highest BCUT2D eigenvalue weighted by molar-refractivity contribution is 7.99. The number of hydrogen-bond acceptors (Lipinski definition) is 4. The molecule has 0 saturated heterocycles. The lowest BCUT2D eigenvalue weighted by molar-refractivity contribution is 0.137. The molecule has 1 saturated carbocycles. The SMILES string of the molecule is Cn1c(SC2CCCCC2O)nnc1-c1ccc(Cl)cc1. The van der Waals surface area contributed by atoms with E-state index >= 15 is 0 Å². The molecule has 0 amide bonds. The summed E-state index contributed by atoms with van der Waals surface area (Å²) in [4.78, 5) is 0. The highest BCUT2D eigenvalue weighted by Crippen LogP contribution is 2.34. The van der Waals surface area contributed by atoms with Crippen LogP contribution < -0.4 is 0 Å². The fraction of sp³-hybridized carbons (Fsp3) is 0.467. The minimum atomic E-state index is -0.237. The lowest BCUT2D eigenvalue weighted by atomic mass is 9.97. The molecular formula is C15H18ClN3OS. The zero-order chi connectivity index (χ0) is 14.8. The van der Waals surface area contributed by atoms with Crippen molar-refractivity contribution in [1.29, 1.82) is 0 Å². The van der Waals surface area contributed by atoms with E-state index in [1.807, 2.05) is 35.9 Å². The second-order valence-corrected chi connectivity index (χ2v) is 7.02. The number of aliphatic hydroxyl groups is 1. The van der Waals surface area contributed by atoms with Crippen molar-refractivity contribution in [3.63, 3.8) is 0 Å². The lowest BCUT2D eigenvalue weighted by Gasteiger charge is -2.26. The molecule has 1 aromatic heterocycles. The topological polar surface area (TPSA) is 50.9 Å². The summed E-state index contributed by atoms with van der Waals surface area (Å²) in [7, 11) is 1.96. The van der Waals surface area contributed by atoms with Gasteiger partial charge < -0.3 is 9.67 Å². The van der Waals surface area contributed by atoms with Crippen molar-refractivity contribution < 1.29 is 5.11 Å². The molecule has 0 radical (unpaired) electrons. The van der Waals surface area contributed by atoms with Crippen molar-refractivity contribution in [2.45, 2.75) is 42.2 Å². The van der Waals surface area contributed by atoms with Crippen molar-refractivity contribution >= 4 is 23.4 Å². The van der Waals surface area contributed by atoms with Crippen LogP contribution in [0.15, 0.2) is 29.4 Å². The quantitative estimate of drug-likeness (QED) is 0.938. The molecule has 2 atom stereocenters. The van der Waals surface area contributed by atoms with Gasteiger partial charge in [-0.05, 0) is 37.1 Å². The number of aromatic nitrogens is 3. The first-order valence-corrected chi connectivity index (χ1v) is 8.41. The van der Waals surface area contributed by atoms with Gasteiger partial charge in [-0.3, -0.25) is 0 Å². The molecule has 1 aromatic carbocycles. The second kappa shape index (κ2) is 6.38. The van der Waals surface area contributed by atoms with Crippen LogP contribution >= 0.6 is 23.4 Å². The van der Waals surface area contributed by atoms with Crippen LogP contribution in [-0.4, -0.2) is 31.2 Å². The summed E-state index contributed by atoms with van der Waals surface area (Å²) < 4.78 is 1.98. The van der Waals surface area contributed by atoms with E-state index < -0.39 is 0 Å². The lowest BCUT2D eigenvalue weighted by Crippen LogP contribution is -2.27. The van der Waals surface area contributed by atoms with Gasteiger partial charge in [0.25, 0.3) is 0 Å². The number of nitrogens with zero attached hydrogens (tertiary/aromatic N) is 3. The average Bonchev–Trinajstić information content (AvgIpc) is 2.84. The van der Waals surface area contributed by atoms with Gasteiger partial charge in [0.15, 0.2) is 11.0 Å². The normalized spacial score (nSPS) is 22.4. The molecule has 3 rings (SSSR count). The first-order chi connectivity index (χ1) is 10.1. The third-order valence-corrected chi connectivity index (χ3v) is 5.53. The maximum atomic E-state index is 10.1. The molecule has 4 nitrogen and oxygen atoms in total. The minimum absolute atomic E-state index is 0.222. The van der Waals surface area contributed by atoms with E-state index in [-0.39, 0.29) is 11.4 Å². The van der Waals surface area contributed by atoms with E-state index in [9.17, 15) is 5.11 Å². The van der Waals surface area contributed by atoms with Crippen molar-refractivity contribution in [3.05, 3.63) is 29.3 Å². The van der Waals surface area contributed by atoms with Gasteiger partial charge in [-0.2, -0.15) is 0 Å². The monoisotopic (exact) mass is 323 g/mol. The standard InChI is InChI=1S/C15H18ClN3OS/c1-19-14(10-6-8-11(16)9-7-10)17-18-15(19)21-13-5-3-2-4-12(13)20/h6-9,12-13,20H,2-5H2,1H3. The Morgan fingerprint density at radius 3 is 2.62 bits per heavy atom. The van der Waals surface area contributed by atoms with Gasteiger partial charge in [0.05, 0.1) is 6.10 Å². The summed E-state index contributed by atoms with van der Waals surface area (Å²) in [5.41, 5.74) is 0.991. The first-order valence-electron chi connectivity index (χ1n) is 7.15. The smallest absolute Gasteiger partial charge is 0.191 e. The maximum Gasteiger partial charge on any atom is 0.191 e. The van der Waals surface area contributed by atoms with Crippen molar-refractivity contribution in [2.24, 2.45) is 7.05 Å². The maximum absolute atomic E-state index is 10.1. The van der Waals surface area contributed by atoms with E-state index in [1.54, 1.807) is 11.8 Å². The molecule has 0 spiro atoms. The van der Waals surface area contributed by atoms with E-state index in [2.05, 4.69) is 10.2 Å². The third kappa shape index (κ3) is 3.25. The Hall–Kier alpha value is -1.04. The molecule has 1 fully saturated rings. The molecular weight excluding hydrogens is 306 g/mol. The Bertz CT molecular complexity index is 614. The van der Waals surface area contributed by atoms with Gasteiger partial charge in [-0.25, -0.2) is 0 Å². The zero-order valence-electron chi connectivity index (χ0n) is 11.9. The van der Waals surface area contributed by atoms with E-state index in [1.165, 1.54) is 6.42 Å². The fourth-order valence-corrected chi connectivity index (χ4v) is 3.93. The van der Waals surface area contributed by atoms with Gasteiger partial charge in [-0.15, -0.1) is 10.2 Å². The third-order valence-electron chi connectivity index (χ3n) is 3.86. The van der Waals surface area contributed by atoms with Crippen LogP contribution in [-0.2, 0) is 7.05 Å². The molecule has 21 heavy (non-hydrogen) atoms. The Balaban J connectivity index is 1.80. The highest BCUT2D eigenvalue weighted by atomic mass is 35.5. The number of thioether (sulfide) groups is 1. The van der Waals surface area contributed by atoms with Crippen LogP contribution in [0.4, 0.5) is 0 Å². The van der Waals surface area contributed by atoms with Crippen LogP contribution in [0, 0.1) is 0 Å². The van der Waals surface area contributed by atoms with Crippen LogP contribution in [0.1, 0.15) is 25.7 Å². The van der Waals surface area contributed by atoms with Crippen molar-refractivity contribution in [1.82, 2.24) is 14.8 Å². The van der Waals surface area contributed by atoms with Gasteiger partial charge >= 0.3 is 0 Å². The van der Waals surface area contributed by atoms with Gasteiger partial charge in [0, 0.05) is 22.9 Å².